The molecule has 0 amide bonds. The van der Waals surface area contributed by atoms with Crippen molar-refractivity contribution in [3.63, 3.8) is 0 Å². The molecule has 15 heavy (non-hydrogen) atoms. The minimum Gasteiger partial charge on any atom is -0.386 e. The Morgan fingerprint density at radius 1 is 1.40 bits per heavy atom. The summed E-state index contributed by atoms with van der Waals surface area (Å²) in [4.78, 5) is 3.57. The molecular weight excluding hydrogens is 198 g/mol. The van der Waals surface area contributed by atoms with Crippen LogP contribution in [-0.4, -0.2) is 13.8 Å². The zero-order valence-electron chi connectivity index (χ0n) is 9.06. The minimum atomic E-state index is -0.635. The van der Waals surface area contributed by atoms with Crippen molar-refractivity contribution in [2.24, 2.45) is 4.99 Å². The fourth-order valence-corrected chi connectivity index (χ4v) is 1.50. The monoisotopic (exact) mass is 212 g/mol. The van der Waals surface area contributed by atoms with Crippen LogP contribution in [0.4, 0.5) is 20.2 Å². The van der Waals surface area contributed by atoms with Gasteiger partial charge in [0.25, 0.3) is 0 Å². The third-order valence-electron chi connectivity index (χ3n) is 2.23. The third-order valence-corrected chi connectivity index (χ3v) is 2.23. The van der Waals surface area contributed by atoms with Crippen LogP contribution in [0.25, 0.3) is 0 Å². The van der Waals surface area contributed by atoms with Crippen molar-refractivity contribution in [1.82, 2.24) is 0 Å². The molecule has 4 heteroatoms. The summed E-state index contributed by atoms with van der Waals surface area (Å²) >= 11 is 0. The molecule has 0 unspecified atom stereocenters. The zero-order valence-corrected chi connectivity index (χ0v) is 9.06. The lowest BCUT2D eigenvalue weighted by atomic mass is 10.00. The molecule has 0 fully saturated rings. The van der Waals surface area contributed by atoms with E-state index in [0.717, 1.165) is 0 Å². The molecule has 0 aliphatic rings. The van der Waals surface area contributed by atoms with Gasteiger partial charge in [-0.25, -0.2) is 8.78 Å². The molecule has 0 aromatic heterocycles. The van der Waals surface area contributed by atoms with E-state index in [1.54, 1.807) is 20.9 Å². The van der Waals surface area contributed by atoms with E-state index < -0.39 is 11.6 Å². The second-order valence-corrected chi connectivity index (χ2v) is 3.55. The van der Waals surface area contributed by atoms with Gasteiger partial charge in [-0.1, -0.05) is 13.8 Å². The first-order valence-electron chi connectivity index (χ1n) is 4.69. The summed E-state index contributed by atoms with van der Waals surface area (Å²) in [6.07, 6.45) is 0. The Morgan fingerprint density at radius 2 is 2.00 bits per heavy atom. The number of hydrogen-bond donors (Lipinski definition) is 1. The van der Waals surface area contributed by atoms with Crippen LogP contribution in [0, 0.1) is 11.6 Å². The highest BCUT2D eigenvalue weighted by atomic mass is 19.1. The van der Waals surface area contributed by atoms with E-state index in [9.17, 15) is 8.78 Å². The molecule has 1 N–H and O–H groups in total. The van der Waals surface area contributed by atoms with Crippen LogP contribution in [0.2, 0.25) is 0 Å². The first-order valence-corrected chi connectivity index (χ1v) is 4.69. The van der Waals surface area contributed by atoms with E-state index in [4.69, 9.17) is 0 Å². The molecule has 0 radical (unpaired) electrons. The van der Waals surface area contributed by atoms with Crippen LogP contribution in [0.1, 0.15) is 25.3 Å². The lowest BCUT2D eigenvalue weighted by Crippen LogP contribution is -2.01. The Morgan fingerprint density at radius 3 is 2.40 bits per heavy atom. The van der Waals surface area contributed by atoms with Crippen molar-refractivity contribution in [2.45, 2.75) is 19.8 Å². The van der Waals surface area contributed by atoms with Gasteiger partial charge in [-0.15, -0.1) is 0 Å². The van der Waals surface area contributed by atoms with Crippen LogP contribution in [0.5, 0.6) is 0 Å². The first kappa shape index (κ1) is 11.6. The summed E-state index contributed by atoms with van der Waals surface area (Å²) in [5.41, 5.74) is 0.434. The number of halogens is 2. The lowest BCUT2D eigenvalue weighted by molar-refractivity contribution is 0.544. The fraction of sp³-hybridized carbons (Fsp3) is 0.364. The van der Waals surface area contributed by atoms with Crippen LogP contribution in [0.3, 0.4) is 0 Å². The number of anilines is 1. The molecule has 1 rings (SSSR count). The molecule has 0 aliphatic heterocycles. The van der Waals surface area contributed by atoms with Gasteiger partial charge in [0.1, 0.15) is 11.5 Å². The summed E-state index contributed by atoms with van der Waals surface area (Å²) in [6.45, 7) is 6.74. The maximum Gasteiger partial charge on any atom is 0.157 e. The van der Waals surface area contributed by atoms with Crippen molar-refractivity contribution < 1.29 is 8.78 Å². The highest BCUT2D eigenvalue weighted by molar-refractivity contribution is 5.69. The number of rotatable bonds is 3. The maximum atomic E-state index is 13.8. The number of nitrogens with zero attached hydrogens (tertiary/aromatic N) is 1. The molecule has 0 aliphatic carbocycles. The molecule has 0 saturated heterocycles. The maximum absolute atomic E-state index is 13.8. The predicted octanol–water partition coefficient (Wildman–Crippen LogP) is 3.46. The smallest absolute Gasteiger partial charge is 0.157 e. The van der Waals surface area contributed by atoms with Gasteiger partial charge in [0.15, 0.2) is 5.82 Å². The Balaban J connectivity index is 3.51. The first-order chi connectivity index (χ1) is 7.02. The van der Waals surface area contributed by atoms with Crippen LogP contribution >= 0.6 is 0 Å². The van der Waals surface area contributed by atoms with Gasteiger partial charge in [-0.3, -0.25) is 4.99 Å². The van der Waals surface area contributed by atoms with E-state index in [1.807, 2.05) is 0 Å². The molecule has 82 valence electrons. The standard InChI is InChI=1S/C11H14F2N2/c1-6(2)9-7(12)5-8(14-3)11(15-4)10(9)13/h5-6,14H,4H2,1-3H3. The molecular formula is C11H14F2N2. The molecule has 0 bridgehead atoms. The summed E-state index contributed by atoms with van der Waals surface area (Å²) in [5.74, 6) is -1.42. The molecule has 0 saturated carbocycles. The number of hydrogen-bond acceptors (Lipinski definition) is 2. The molecule has 1 aromatic rings. The summed E-state index contributed by atoms with van der Waals surface area (Å²) in [6, 6.07) is 1.24. The van der Waals surface area contributed by atoms with E-state index in [0.29, 0.717) is 5.69 Å². The SMILES string of the molecule is C=Nc1c(NC)cc(F)c(C(C)C)c1F. The third kappa shape index (κ3) is 1.98. The van der Waals surface area contributed by atoms with Crippen molar-refractivity contribution in [3.05, 3.63) is 23.3 Å². The van der Waals surface area contributed by atoms with Crippen molar-refractivity contribution in [1.29, 1.82) is 0 Å². The minimum absolute atomic E-state index is 0.0522. The number of aliphatic imine (C=N–C) groups is 1. The van der Waals surface area contributed by atoms with Gasteiger partial charge in [0.2, 0.25) is 0 Å². The van der Waals surface area contributed by atoms with E-state index in [1.165, 1.54) is 6.07 Å². The quantitative estimate of drug-likeness (QED) is 0.762. The van der Waals surface area contributed by atoms with Crippen molar-refractivity contribution >= 4 is 18.1 Å². The van der Waals surface area contributed by atoms with Crippen molar-refractivity contribution in [3.8, 4) is 0 Å². The Kier molecular flexibility index (Phi) is 3.39. The predicted molar refractivity (Wildman–Crippen MR) is 59.2 cm³/mol. The van der Waals surface area contributed by atoms with Gasteiger partial charge in [-0.2, -0.15) is 0 Å². The van der Waals surface area contributed by atoms with E-state index in [2.05, 4.69) is 17.0 Å². The Bertz CT molecular complexity index is 387. The molecule has 1 aromatic carbocycles. The van der Waals surface area contributed by atoms with Crippen LogP contribution in [0.15, 0.2) is 11.1 Å². The zero-order chi connectivity index (χ0) is 11.6. The average Bonchev–Trinajstić information content (AvgIpc) is 2.16. The molecule has 0 spiro atoms. The fourth-order valence-electron chi connectivity index (χ4n) is 1.50. The topological polar surface area (TPSA) is 24.4 Å². The van der Waals surface area contributed by atoms with E-state index in [-0.39, 0.29) is 17.2 Å². The summed E-state index contributed by atoms with van der Waals surface area (Å²) < 4.78 is 27.3. The second kappa shape index (κ2) is 4.38. The van der Waals surface area contributed by atoms with Crippen LogP contribution in [-0.2, 0) is 0 Å². The largest absolute Gasteiger partial charge is 0.386 e. The Labute approximate surface area is 88.0 Å². The van der Waals surface area contributed by atoms with Gasteiger partial charge in [0.05, 0.1) is 5.69 Å². The average molecular weight is 212 g/mol. The van der Waals surface area contributed by atoms with Crippen LogP contribution < -0.4 is 5.32 Å². The van der Waals surface area contributed by atoms with Gasteiger partial charge in [-0.05, 0) is 18.7 Å². The highest BCUT2D eigenvalue weighted by Crippen LogP contribution is 2.35. The van der Waals surface area contributed by atoms with E-state index >= 15 is 0 Å². The molecule has 0 atom stereocenters. The summed E-state index contributed by atoms with van der Waals surface area (Å²) in [5, 5.41) is 2.68. The van der Waals surface area contributed by atoms with Gasteiger partial charge in [0, 0.05) is 12.6 Å². The summed E-state index contributed by atoms with van der Waals surface area (Å²) in [7, 11) is 1.58. The van der Waals surface area contributed by atoms with Crippen molar-refractivity contribution in [2.75, 3.05) is 12.4 Å². The van der Waals surface area contributed by atoms with Gasteiger partial charge >= 0.3 is 0 Å². The molecule has 0 heterocycles. The lowest BCUT2D eigenvalue weighted by Gasteiger charge is -2.13. The normalized spacial score (nSPS) is 10.5. The van der Waals surface area contributed by atoms with Gasteiger partial charge < -0.3 is 5.32 Å². The number of nitrogens with one attached hydrogen (secondary N) is 1. The Hall–Kier alpha value is -1.45. The molecule has 2 nitrogen and oxygen atoms in total. The second-order valence-electron chi connectivity index (χ2n) is 3.55. The number of benzene rings is 1. The highest BCUT2D eigenvalue weighted by Gasteiger charge is 2.19.